The summed E-state index contributed by atoms with van der Waals surface area (Å²) in [6, 6.07) is 9.50. The topological polar surface area (TPSA) is 85.1 Å². The summed E-state index contributed by atoms with van der Waals surface area (Å²) in [6.07, 6.45) is 4.23. The van der Waals surface area contributed by atoms with E-state index in [1.807, 2.05) is 0 Å². The lowest BCUT2D eigenvalue weighted by molar-refractivity contribution is 0.0132. The smallest absolute Gasteiger partial charge is 0.175 e. The van der Waals surface area contributed by atoms with Crippen molar-refractivity contribution in [3.05, 3.63) is 77.9 Å². The van der Waals surface area contributed by atoms with Gasteiger partial charge in [0.05, 0.1) is 11.8 Å². The Labute approximate surface area is 191 Å². The largest absolute Gasteiger partial charge is 0.382 e. The minimum Gasteiger partial charge on any atom is -0.382 e. The Morgan fingerprint density at radius 1 is 1.22 bits per heavy atom. The first-order valence-electron chi connectivity index (χ1n) is 9.75. The number of halogens is 2. The normalized spacial score (nSPS) is 16.2. The standard InChI is InChI=1S/C22H23F2N3O3S2/c1-14(21(28)16-4-7-18(8-5-16)32(3)30)31-15(2)22(29,11-27-13-25-12-26-27)19-9-6-17(23)10-20(19)24/h4-10,12-15,29H,11H2,1-3H3/t14-,15+,22+,32?/m0/s1. The van der Waals surface area contributed by atoms with E-state index in [0.29, 0.717) is 16.5 Å². The molecule has 10 heteroatoms. The second-order valence-electron chi connectivity index (χ2n) is 7.40. The van der Waals surface area contributed by atoms with E-state index in [0.717, 1.165) is 6.07 Å². The molecule has 0 aliphatic heterocycles. The first-order valence-corrected chi connectivity index (χ1v) is 12.3. The van der Waals surface area contributed by atoms with Crippen LogP contribution in [0.1, 0.15) is 29.8 Å². The van der Waals surface area contributed by atoms with Gasteiger partial charge < -0.3 is 5.11 Å². The van der Waals surface area contributed by atoms with Crippen molar-refractivity contribution in [2.75, 3.05) is 6.26 Å². The average Bonchev–Trinajstić information content (AvgIpc) is 3.25. The van der Waals surface area contributed by atoms with Crippen LogP contribution in [0.5, 0.6) is 0 Å². The molecule has 32 heavy (non-hydrogen) atoms. The van der Waals surface area contributed by atoms with E-state index in [-0.39, 0.29) is 17.9 Å². The van der Waals surface area contributed by atoms with Crippen molar-refractivity contribution in [1.82, 2.24) is 14.8 Å². The van der Waals surface area contributed by atoms with Gasteiger partial charge in [-0.15, -0.1) is 11.8 Å². The van der Waals surface area contributed by atoms with Gasteiger partial charge >= 0.3 is 0 Å². The Kier molecular flexibility index (Phi) is 7.58. The molecule has 0 bridgehead atoms. The lowest BCUT2D eigenvalue weighted by Crippen LogP contribution is -2.42. The molecule has 1 N–H and O–H groups in total. The van der Waals surface area contributed by atoms with Gasteiger partial charge in [-0.1, -0.05) is 25.1 Å². The number of ketones is 1. The predicted octanol–water partition coefficient (Wildman–Crippen LogP) is 3.57. The van der Waals surface area contributed by atoms with Crippen molar-refractivity contribution < 1.29 is 22.9 Å². The van der Waals surface area contributed by atoms with Crippen LogP contribution in [0.25, 0.3) is 0 Å². The van der Waals surface area contributed by atoms with Crippen molar-refractivity contribution in [3.63, 3.8) is 0 Å². The number of aromatic nitrogens is 3. The van der Waals surface area contributed by atoms with Gasteiger partial charge in [0.15, 0.2) is 5.78 Å². The van der Waals surface area contributed by atoms with Crippen molar-refractivity contribution in [3.8, 4) is 0 Å². The van der Waals surface area contributed by atoms with Gasteiger partial charge in [-0.3, -0.25) is 9.00 Å². The van der Waals surface area contributed by atoms with Crippen molar-refractivity contribution in [1.29, 1.82) is 0 Å². The molecular weight excluding hydrogens is 456 g/mol. The van der Waals surface area contributed by atoms with Crippen molar-refractivity contribution in [2.24, 2.45) is 0 Å². The lowest BCUT2D eigenvalue weighted by Gasteiger charge is -2.35. The third-order valence-electron chi connectivity index (χ3n) is 5.19. The molecule has 4 atom stereocenters. The second-order valence-corrected chi connectivity index (χ2v) is 10.5. The first-order chi connectivity index (χ1) is 15.1. The molecule has 1 heterocycles. The SMILES string of the molecule is C[C@H](S[C@H](C)[C@](O)(Cn1cncn1)c1ccc(F)cc1F)C(=O)c1ccc(S(C)=O)cc1. The maximum absolute atomic E-state index is 14.7. The van der Waals surface area contributed by atoms with Gasteiger partial charge in [-0.05, 0) is 25.1 Å². The number of thioether (sulfide) groups is 1. The minimum atomic E-state index is -1.80. The molecule has 0 aliphatic carbocycles. The van der Waals surface area contributed by atoms with Crippen LogP contribution in [0.2, 0.25) is 0 Å². The quantitative estimate of drug-likeness (QED) is 0.473. The van der Waals surface area contributed by atoms with Crippen LogP contribution in [0.4, 0.5) is 8.78 Å². The van der Waals surface area contributed by atoms with E-state index >= 15 is 0 Å². The summed E-state index contributed by atoms with van der Waals surface area (Å²) in [6.45, 7) is 3.24. The maximum atomic E-state index is 14.7. The molecule has 0 amide bonds. The fourth-order valence-electron chi connectivity index (χ4n) is 3.36. The van der Waals surface area contributed by atoms with Crippen molar-refractivity contribution in [2.45, 2.75) is 41.4 Å². The zero-order valence-corrected chi connectivity index (χ0v) is 19.4. The number of nitrogens with zero attached hydrogens (tertiary/aromatic N) is 3. The monoisotopic (exact) mass is 479 g/mol. The predicted molar refractivity (Wildman–Crippen MR) is 120 cm³/mol. The van der Waals surface area contributed by atoms with Gasteiger partial charge in [-0.25, -0.2) is 18.4 Å². The first kappa shape index (κ1) is 24.2. The Morgan fingerprint density at radius 2 is 1.91 bits per heavy atom. The molecular formula is C22H23F2N3O3S2. The number of rotatable bonds is 9. The molecule has 3 rings (SSSR count). The molecule has 1 unspecified atom stereocenters. The molecule has 0 fully saturated rings. The summed E-state index contributed by atoms with van der Waals surface area (Å²) < 4.78 is 41.0. The highest BCUT2D eigenvalue weighted by Gasteiger charge is 2.41. The number of hydrogen-bond acceptors (Lipinski definition) is 6. The molecule has 0 radical (unpaired) electrons. The number of benzene rings is 2. The molecule has 6 nitrogen and oxygen atoms in total. The fraction of sp³-hybridized carbons (Fsp3) is 0.318. The van der Waals surface area contributed by atoms with Gasteiger partial charge in [0.25, 0.3) is 0 Å². The summed E-state index contributed by atoms with van der Waals surface area (Å²) in [5.74, 6) is -1.82. The van der Waals surface area contributed by atoms with E-state index in [4.69, 9.17) is 0 Å². The van der Waals surface area contributed by atoms with Crippen LogP contribution in [0.15, 0.2) is 60.0 Å². The van der Waals surface area contributed by atoms with Gasteiger partial charge in [-0.2, -0.15) is 5.10 Å². The van der Waals surface area contributed by atoms with Crippen LogP contribution in [0.3, 0.4) is 0 Å². The molecule has 0 saturated heterocycles. The highest BCUT2D eigenvalue weighted by Crippen LogP contribution is 2.38. The Balaban J connectivity index is 1.86. The van der Waals surface area contributed by atoms with Crippen LogP contribution >= 0.6 is 11.8 Å². The highest BCUT2D eigenvalue weighted by molar-refractivity contribution is 8.01. The summed E-state index contributed by atoms with van der Waals surface area (Å²) in [5.41, 5.74) is -1.45. The van der Waals surface area contributed by atoms with Gasteiger partial charge in [0.1, 0.15) is 29.9 Å². The van der Waals surface area contributed by atoms with E-state index in [1.54, 1.807) is 44.4 Å². The second kappa shape index (κ2) is 10.0. The third-order valence-corrected chi connectivity index (χ3v) is 7.54. The minimum absolute atomic E-state index is 0.0937. The fourth-order valence-corrected chi connectivity index (χ4v) is 5.18. The Hall–Kier alpha value is -2.43. The molecule has 170 valence electrons. The molecule has 0 aliphatic rings. The molecule has 0 spiro atoms. The van der Waals surface area contributed by atoms with Crippen LogP contribution < -0.4 is 0 Å². The summed E-state index contributed by atoms with van der Waals surface area (Å²) in [5, 5.41) is 14.3. The summed E-state index contributed by atoms with van der Waals surface area (Å²) in [7, 11) is -1.15. The molecule has 1 aromatic heterocycles. The van der Waals surface area contributed by atoms with Gasteiger partial charge in [0, 0.05) is 44.4 Å². The Morgan fingerprint density at radius 3 is 2.47 bits per heavy atom. The summed E-state index contributed by atoms with van der Waals surface area (Å²) >= 11 is 1.17. The van der Waals surface area contributed by atoms with Crippen LogP contribution in [-0.2, 0) is 22.9 Å². The average molecular weight is 480 g/mol. The zero-order chi connectivity index (χ0) is 23.5. The maximum Gasteiger partial charge on any atom is 0.175 e. The number of aliphatic hydroxyl groups is 1. The third kappa shape index (κ3) is 5.31. The van der Waals surface area contributed by atoms with E-state index in [1.165, 1.54) is 35.2 Å². The lowest BCUT2D eigenvalue weighted by atomic mass is 9.90. The van der Waals surface area contributed by atoms with E-state index < -0.39 is 38.5 Å². The van der Waals surface area contributed by atoms with Crippen LogP contribution in [-0.4, -0.2) is 46.6 Å². The molecule has 2 aromatic carbocycles. The molecule has 0 saturated carbocycles. The number of carbonyl (C=O) groups excluding carboxylic acids is 1. The van der Waals surface area contributed by atoms with E-state index in [9.17, 15) is 22.9 Å². The molecule has 3 aromatic rings. The zero-order valence-electron chi connectivity index (χ0n) is 17.7. The van der Waals surface area contributed by atoms with Crippen molar-refractivity contribution >= 4 is 28.3 Å². The van der Waals surface area contributed by atoms with E-state index in [2.05, 4.69) is 10.1 Å². The number of carbonyl (C=O) groups is 1. The summed E-state index contributed by atoms with van der Waals surface area (Å²) in [4.78, 5) is 17.4. The number of hydrogen-bond donors (Lipinski definition) is 1. The highest BCUT2D eigenvalue weighted by atomic mass is 32.2. The number of Topliss-reactive ketones (excluding diaryl/α,β-unsaturated/α-hetero) is 1. The van der Waals surface area contributed by atoms with Gasteiger partial charge in [0.2, 0.25) is 0 Å². The Bertz CT molecular complexity index is 1110. The van der Waals surface area contributed by atoms with Crippen LogP contribution in [0, 0.1) is 11.6 Å².